The number of carbonyl (C=O) groups is 1. The predicted octanol–water partition coefficient (Wildman–Crippen LogP) is 6.20. The van der Waals surface area contributed by atoms with Crippen LogP contribution in [-0.2, 0) is 17.8 Å². The quantitative estimate of drug-likeness (QED) is 0.196. The van der Waals surface area contributed by atoms with Crippen molar-refractivity contribution in [1.82, 2.24) is 24.8 Å². The minimum Gasteiger partial charge on any atom is -0.461 e. The maximum Gasteiger partial charge on any atom is 0.318 e. The van der Waals surface area contributed by atoms with E-state index < -0.39 is 23.9 Å². The summed E-state index contributed by atoms with van der Waals surface area (Å²) in [4.78, 5) is 35.3. The first-order valence-corrected chi connectivity index (χ1v) is 18.6. The van der Waals surface area contributed by atoms with E-state index in [0.717, 1.165) is 53.2 Å². The Morgan fingerprint density at radius 3 is 2.82 bits per heavy atom. The molecule has 0 saturated carbocycles. The molecule has 2 aromatic carbocycles. The van der Waals surface area contributed by atoms with Crippen molar-refractivity contribution in [3.8, 4) is 12.1 Å². The molecule has 0 bridgehead atoms. The van der Waals surface area contributed by atoms with Crippen LogP contribution in [0.25, 0.3) is 16.8 Å². The van der Waals surface area contributed by atoms with Crippen LogP contribution < -0.4 is 14.5 Å². The number of rotatable bonds is 8. The highest BCUT2D eigenvalue weighted by molar-refractivity contribution is 7.10. The van der Waals surface area contributed by atoms with Gasteiger partial charge in [0.15, 0.2) is 5.83 Å². The van der Waals surface area contributed by atoms with E-state index in [-0.39, 0.29) is 31.1 Å². The number of nitrogens with zero attached hydrogens (tertiary/aromatic N) is 8. The first-order valence-electron chi connectivity index (χ1n) is 17.4. The van der Waals surface area contributed by atoms with Crippen molar-refractivity contribution < 1.29 is 18.3 Å². The van der Waals surface area contributed by atoms with Crippen LogP contribution in [0.2, 0.25) is 5.02 Å². The molecule has 0 spiro atoms. The number of piperazine rings is 1. The van der Waals surface area contributed by atoms with Crippen molar-refractivity contribution in [1.29, 1.82) is 5.26 Å². The van der Waals surface area contributed by atoms with E-state index in [2.05, 4.69) is 31.8 Å². The van der Waals surface area contributed by atoms with Crippen LogP contribution in [0.1, 0.15) is 41.9 Å². The van der Waals surface area contributed by atoms with Crippen LogP contribution in [0.15, 0.2) is 53.8 Å². The zero-order valence-corrected chi connectivity index (χ0v) is 29.6. The molecule has 8 rings (SSSR count). The first kappa shape index (κ1) is 33.7. The van der Waals surface area contributed by atoms with Crippen LogP contribution in [-0.4, -0.2) is 94.3 Å². The van der Waals surface area contributed by atoms with Crippen molar-refractivity contribution in [2.75, 3.05) is 55.7 Å². The highest BCUT2D eigenvalue weighted by atomic mass is 35.5. The number of fused-ring (bicyclic) bond motifs is 3. The Morgan fingerprint density at radius 2 is 2.00 bits per heavy atom. The van der Waals surface area contributed by atoms with E-state index in [1.165, 1.54) is 16.2 Å². The largest absolute Gasteiger partial charge is 0.461 e. The Kier molecular flexibility index (Phi) is 9.25. The van der Waals surface area contributed by atoms with Gasteiger partial charge in [-0.1, -0.05) is 35.9 Å². The number of amides is 1. The second-order valence-corrected chi connectivity index (χ2v) is 15.1. The highest BCUT2D eigenvalue weighted by Gasteiger charge is 2.49. The van der Waals surface area contributed by atoms with Gasteiger partial charge in [0.2, 0.25) is 0 Å². The number of aromatic nitrogens is 3. The average molecular weight is 731 g/mol. The molecule has 0 unspecified atom stereocenters. The van der Waals surface area contributed by atoms with E-state index in [9.17, 15) is 14.4 Å². The summed E-state index contributed by atoms with van der Waals surface area (Å²) in [6, 6.07) is 13.9. The Balaban J connectivity index is 1.11. The lowest BCUT2D eigenvalue weighted by atomic mass is 9.95. The fourth-order valence-electron chi connectivity index (χ4n) is 8.32. The predicted molar refractivity (Wildman–Crippen MR) is 193 cm³/mol. The van der Waals surface area contributed by atoms with Crippen molar-refractivity contribution >= 4 is 57.2 Å². The van der Waals surface area contributed by atoms with E-state index in [0.29, 0.717) is 61.5 Å². The number of hydrogen-bond acceptors (Lipinski definition) is 10. The van der Waals surface area contributed by atoms with Gasteiger partial charge >= 0.3 is 6.01 Å². The SMILES string of the molecule is N#CC[C@H]1CN(c2nc(OC[C@@]34CCCN3C[C@H](F)C4)nc3c2CCN(c2cccc4cccc(Cl)c24)C3)CCN1C(=O)/C(F)=C/c1nccs1. The number of ether oxygens (including phenoxy) is 1. The van der Waals surface area contributed by atoms with Gasteiger partial charge in [-0.2, -0.15) is 15.2 Å². The third-order valence-electron chi connectivity index (χ3n) is 10.7. The fraction of sp³-hybridized carbons (Fsp3) is 0.432. The molecule has 10 nitrogen and oxygen atoms in total. The topological polar surface area (TPSA) is 102 Å². The third-order valence-corrected chi connectivity index (χ3v) is 11.7. The number of thiazole rings is 1. The molecule has 14 heteroatoms. The summed E-state index contributed by atoms with van der Waals surface area (Å²) in [5.41, 5.74) is 2.43. The lowest BCUT2D eigenvalue weighted by molar-refractivity contribution is -0.131. The van der Waals surface area contributed by atoms with Crippen LogP contribution in [0.4, 0.5) is 20.3 Å². The molecule has 3 saturated heterocycles. The normalized spacial score (nSPS) is 23.7. The number of halogens is 3. The summed E-state index contributed by atoms with van der Waals surface area (Å²) >= 11 is 7.97. The summed E-state index contributed by atoms with van der Waals surface area (Å²) in [6.45, 7) is 3.62. The lowest BCUT2D eigenvalue weighted by Crippen LogP contribution is -2.56. The minimum atomic E-state index is -0.909. The van der Waals surface area contributed by atoms with Gasteiger partial charge in [-0.15, -0.1) is 11.3 Å². The first-order chi connectivity index (χ1) is 24.8. The maximum absolute atomic E-state index is 15.1. The number of anilines is 2. The second kappa shape index (κ2) is 14.0. The second-order valence-electron chi connectivity index (χ2n) is 13.7. The Bertz CT molecular complexity index is 2020. The van der Waals surface area contributed by atoms with E-state index >= 15 is 4.39 Å². The van der Waals surface area contributed by atoms with Crippen LogP contribution in [0.3, 0.4) is 0 Å². The molecule has 4 aliphatic heterocycles. The van der Waals surface area contributed by atoms with Gasteiger partial charge in [0.25, 0.3) is 5.91 Å². The van der Waals surface area contributed by atoms with Gasteiger partial charge in [-0.3, -0.25) is 9.69 Å². The summed E-state index contributed by atoms with van der Waals surface area (Å²) in [5.74, 6) is -0.978. The summed E-state index contributed by atoms with van der Waals surface area (Å²) in [5, 5.41) is 14.6. The zero-order chi connectivity index (χ0) is 35.1. The Hall–Kier alpha value is -4.38. The molecular formula is C37H37ClF2N8O2S. The standard InChI is InChI=1S/C37H37ClF2N8O2S/c38-28-6-1-4-24-5-2-7-31(33(24)28)45-14-9-27-30(22-45)43-36(50-23-37-10-3-13-47(37)20-25(39)19-37)44-34(27)46-15-16-48(26(21-46)8-11-41)35(49)29(40)18-32-42-12-17-51-32/h1-2,4-7,12,17-18,25-26H,3,8-10,13-16,19-23H2/b29-18-/t25-,26+,37+/m1/s1. The number of benzene rings is 2. The number of carbonyl (C=O) groups excluding carboxylic acids is 1. The molecule has 0 N–H and O–H groups in total. The van der Waals surface area contributed by atoms with Crippen LogP contribution in [0.5, 0.6) is 6.01 Å². The van der Waals surface area contributed by atoms with Crippen molar-refractivity contribution in [3.05, 3.63) is 75.1 Å². The van der Waals surface area contributed by atoms with Gasteiger partial charge in [0.1, 0.15) is 23.6 Å². The average Bonchev–Trinajstić information content (AvgIpc) is 3.86. The molecule has 2 aromatic heterocycles. The molecule has 3 fully saturated rings. The maximum atomic E-state index is 15.1. The van der Waals surface area contributed by atoms with E-state index in [1.54, 1.807) is 11.6 Å². The molecule has 1 amide bonds. The molecule has 6 heterocycles. The lowest BCUT2D eigenvalue weighted by Gasteiger charge is -2.42. The third kappa shape index (κ3) is 6.49. The van der Waals surface area contributed by atoms with Gasteiger partial charge in [-0.25, -0.2) is 13.8 Å². The zero-order valence-electron chi connectivity index (χ0n) is 28.0. The number of nitriles is 1. The van der Waals surface area contributed by atoms with Crippen molar-refractivity contribution in [3.63, 3.8) is 0 Å². The highest BCUT2D eigenvalue weighted by Crippen LogP contribution is 2.41. The van der Waals surface area contributed by atoms with Gasteiger partial charge < -0.3 is 19.4 Å². The van der Waals surface area contributed by atoms with E-state index in [4.69, 9.17) is 26.3 Å². The molecule has 3 atom stereocenters. The molecular weight excluding hydrogens is 694 g/mol. The number of alkyl halides is 1. The van der Waals surface area contributed by atoms with Gasteiger partial charge in [-0.05, 0) is 43.3 Å². The Morgan fingerprint density at radius 1 is 1.14 bits per heavy atom. The van der Waals surface area contributed by atoms with Crippen LogP contribution >= 0.6 is 22.9 Å². The van der Waals surface area contributed by atoms with Gasteiger partial charge in [0, 0.05) is 73.4 Å². The smallest absolute Gasteiger partial charge is 0.318 e. The Labute approximate surface area is 303 Å². The van der Waals surface area contributed by atoms with Crippen molar-refractivity contribution in [2.45, 2.75) is 56.4 Å². The van der Waals surface area contributed by atoms with E-state index in [1.807, 2.05) is 30.3 Å². The van der Waals surface area contributed by atoms with Crippen molar-refractivity contribution in [2.24, 2.45) is 0 Å². The fourth-order valence-corrected chi connectivity index (χ4v) is 9.15. The summed E-state index contributed by atoms with van der Waals surface area (Å²) in [6.07, 6.45) is 4.77. The summed E-state index contributed by atoms with van der Waals surface area (Å²) in [7, 11) is 0. The molecule has 0 radical (unpaired) electrons. The molecule has 4 aromatic rings. The monoisotopic (exact) mass is 730 g/mol. The summed E-state index contributed by atoms with van der Waals surface area (Å²) < 4.78 is 36.2. The minimum absolute atomic E-state index is 0.0295. The molecule has 264 valence electrons. The molecule has 0 aliphatic carbocycles. The van der Waals surface area contributed by atoms with Crippen LogP contribution in [0, 0.1) is 11.3 Å². The molecule has 4 aliphatic rings. The number of hydrogen-bond donors (Lipinski definition) is 0. The molecule has 51 heavy (non-hydrogen) atoms. The van der Waals surface area contributed by atoms with Gasteiger partial charge in [0.05, 0.1) is 41.3 Å².